The Hall–Kier alpha value is -1.33. The van der Waals surface area contributed by atoms with Crippen molar-refractivity contribution in [2.24, 2.45) is 5.41 Å². The lowest BCUT2D eigenvalue weighted by Crippen LogP contribution is -2.36. The van der Waals surface area contributed by atoms with Gasteiger partial charge in [0.25, 0.3) is 0 Å². The fraction of sp³-hybridized carbons (Fsp3) is 0.611. The van der Waals surface area contributed by atoms with Gasteiger partial charge in [-0.3, -0.25) is 0 Å². The van der Waals surface area contributed by atoms with E-state index in [1.807, 2.05) is 0 Å². The van der Waals surface area contributed by atoms with Crippen molar-refractivity contribution in [3.8, 4) is 6.07 Å². The first-order valence-corrected chi connectivity index (χ1v) is 7.84. The molecule has 0 aliphatic heterocycles. The molecule has 1 N–H and O–H groups in total. The fourth-order valence-electron chi connectivity index (χ4n) is 3.22. The first-order chi connectivity index (χ1) is 9.67. The molecule has 0 bridgehead atoms. The number of rotatable bonds is 5. The number of hydrogen-bond acceptors (Lipinski definition) is 2. The van der Waals surface area contributed by atoms with Crippen LogP contribution in [0.15, 0.2) is 24.3 Å². The van der Waals surface area contributed by atoms with Crippen molar-refractivity contribution in [2.45, 2.75) is 65.0 Å². The number of hydrogen-bond donors (Lipinski definition) is 1. The lowest BCUT2D eigenvalue weighted by Gasteiger charge is -2.36. The van der Waals surface area contributed by atoms with E-state index in [4.69, 9.17) is 5.26 Å². The third kappa shape index (κ3) is 3.84. The standard InChI is InChI=1S/C18H26N2/c1-3-15-6-4-5-7-16(15)14-20-17-8-10-18(2,11-9-17)12-13-19/h4-7,17,20H,3,8-12,14H2,1-2H3. The Morgan fingerprint density at radius 1 is 1.25 bits per heavy atom. The molecule has 1 aromatic carbocycles. The maximum atomic E-state index is 8.89. The normalized spacial score (nSPS) is 26.1. The highest BCUT2D eigenvalue weighted by Crippen LogP contribution is 2.38. The van der Waals surface area contributed by atoms with E-state index in [2.05, 4.69) is 49.5 Å². The summed E-state index contributed by atoms with van der Waals surface area (Å²) in [4.78, 5) is 0. The second-order valence-electron chi connectivity index (χ2n) is 6.42. The third-order valence-electron chi connectivity index (χ3n) is 4.78. The molecule has 0 amide bonds. The molecule has 0 spiro atoms. The first kappa shape index (κ1) is 15.1. The second-order valence-corrected chi connectivity index (χ2v) is 6.42. The summed E-state index contributed by atoms with van der Waals surface area (Å²) in [6, 6.07) is 11.7. The van der Waals surface area contributed by atoms with Crippen molar-refractivity contribution in [2.75, 3.05) is 0 Å². The van der Waals surface area contributed by atoms with E-state index in [1.165, 1.54) is 36.8 Å². The van der Waals surface area contributed by atoms with E-state index < -0.39 is 0 Å². The lowest BCUT2D eigenvalue weighted by molar-refractivity contribution is 0.188. The van der Waals surface area contributed by atoms with E-state index >= 15 is 0 Å². The molecule has 1 aliphatic rings. The Labute approximate surface area is 123 Å². The van der Waals surface area contributed by atoms with Crippen LogP contribution >= 0.6 is 0 Å². The van der Waals surface area contributed by atoms with Gasteiger partial charge in [0.15, 0.2) is 0 Å². The predicted molar refractivity (Wildman–Crippen MR) is 83.3 cm³/mol. The van der Waals surface area contributed by atoms with E-state index in [0.717, 1.165) is 13.0 Å². The summed E-state index contributed by atoms with van der Waals surface area (Å²) in [5.74, 6) is 0. The summed E-state index contributed by atoms with van der Waals surface area (Å²) in [5, 5.41) is 12.6. The molecule has 0 radical (unpaired) electrons. The molecule has 1 saturated carbocycles. The second kappa shape index (κ2) is 6.90. The summed E-state index contributed by atoms with van der Waals surface area (Å²) in [6.45, 7) is 5.45. The number of nitriles is 1. The van der Waals surface area contributed by atoms with Gasteiger partial charge >= 0.3 is 0 Å². The van der Waals surface area contributed by atoms with Gasteiger partial charge in [0.05, 0.1) is 6.07 Å². The number of nitrogens with one attached hydrogen (secondary N) is 1. The number of nitrogens with zero attached hydrogens (tertiary/aromatic N) is 1. The molecule has 0 aromatic heterocycles. The Balaban J connectivity index is 1.83. The van der Waals surface area contributed by atoms with Gasteiger partial charge in [0.2, 0.25) is 0 Å². The molecular formula is C18H26N2. The van der Waals surface area contributed by atoms with Crippen LogP contribution in [0, 0.1) is 16.7 Å². The van der Waals surface area contributed by atoms with Gasteiger partial charge in [-0.2, -0.15) is 5.26 Å². The van der Waals surface area contributed by atoms with Crippen LogP contribution in [0.25, 0.3) is 0 Å². The topological polar surface area (TPSA) is 35.8 Å². The van der Waals surface area contributed by atoms with Crippen LogP contribution in [-0.4, -0.2) is 6.04 Å². The van der Waals surface area contributed by atoms with Crippen molar-refractivity contribution in [3.63, 3.8) is 0 Å². The highest BCUT2D eigenvalue weighted by Gasteiger charge is 2.30. The van der Waals surface area contributed by atoms with Gasteiger partial charge in [-0.15, -0.1) is 0 Å². The van der Waals surface area contributed by atoms with Crippen molar-refractivity contribution < 1.29 is 0 Å². The van der Waals surface area contributed by atoms with Gasteiger partial charge in [-0.1, -0.05) is 38.1 Å². The van der Waals surface area contributed by atoms with Crippen molar-refractivity contribution in [1.29, 1.82) is 5.26 Å². The quantitative estimate of drug-likeness (QED) is 0.870. The minimum Gasteiger partial charge on any atom is -0.310 e. The minimum absolute atomic E-state index is 0.258. The first-order valence-electron chi connectivity index (χ1n) is 7.84. The molecule has 20 heavy (non-hydrogen) atoms. The van der Waals surface area contributed by atoms with Crippen LogP contribution in [0.3, 0.4) is 0 Å². The van der Waals surface area contributed by atoms with E-state index in [0.29, 0.717) is 12.5 Å². The average Bonchev–Trinajstić information content (AvgIpc) is 2.47. The van der Waals surface area contributed by atoms with Crippen LogP contribution in [0.5, 0.6) is 0 Å². The Bertz CT molecular complexity index is 465. The summed E-state index contributed by atoms with van der Waals surface area (Å²) in [6.07, 6.45) is 6.56. The van der Waals surface area contributed by atoms with Crippen LogP contribution in [0.2, 0.25) is 0 Å². The zero-order valence-corrected chi connectivity index (χ0v) is 12.8. The molecule has 1 aliphatic carbocycles. The van der Waals surface area contributed by atoms with Gasteiger partial charge < -0.3 is 5.32 Å². The Morgan fingerprint density at radius 2 is 1.90 bits per heavy atom. The van der Waals surface area contributed by atoms with Crippen molar-refractivity contribution in [1.82, 2.24) is 5.32 Å². The molecule has 0 heterocycles. The van der Waals surface area contributed by atoms with Gasteiger partial charge in [0, 0.05) is 19.0 Å². The summed E-state index contributed by atoms with van der Waals surface area (Å²) in [5.41, 5.74) is 3.14. The molecule has 1 aromatic rings. The van der Waals surface area contributed by atoms with E-state index in [-0.39, 0.29) is 5.41 Å². The zero-order valence-electron chi connectivity index (χ0n) is 12.8. The Morgan fingerprint density at radius 3 is 2.50 bits per heavy atom. The van der Waals surface area contributed by atoms with Crippen LogP contribution in [-0.2, 0) is 13.0 Å². The zero-order chi connectivity index (χ0) is 14.4. The van der Waals surface area contributed by atoms with Crippen molar-refractivity contribution >= 4 is 0 Å². The minimum atomic E-state index is 0.258. The summed E-state index contributed by atoms with van der Waals surface area (Å²) in [7, 11) is 0. The Kier molecular flexibility index (Phi) is 5.20. The average molecular weight is 270 g/mol. The highest BCUT2D eigenvalue weighted by molar-refractivity contribution is 5.26. The monoisotopic (exact) mass is 270 g/mol. The van der Waals surface area contributed by atoms with Crippen LogP contribution in [0.1, 0.15) is 57.1 Å². The van der Waals surface area contributed by atoms with Gasteiger partial charge in [-0.25, -0.2) is 0 Å². The van der Waals surface area contributed by atoms with Gasteiger partial charge in [0.1, 0.15) is 0 Å². The highest BCUT2D eigenvalue weighted by atomic mass is 14.9. The summed E-state index contributed by atoms with van der Waals surface area (Å²) >= 11 is 0. The fourth-order valence-corrected chi connectivity index (χ4v) is 3.22. The van der Waals surface area contributed by atoms with Crippen LogP contribution < -0.4 is 5.32 Å². The molecule has 2 nitrogen and oxygen atoms in total. The molecule has 0 unspecified atom stereocenters. The van der Waals surface area contributed by atoms with Gasteiger partial charge in [-0.05, 0) is 48.6 Å². The van der Waals surface area contributed by atoms with Crippen molar-refractivity contribution in [3.05, 3.63) is 35.4 Å². The third-order valence-corrected chi connectivity index (χ3v) is 4.78. The molecule has 0 atom stereocenters. The molecular weight excluding hydrogens is 244 g/mol. The summed E-state index contributed by atoms with van der Waals surface area (Å²) < 4.78 is 0. The number of benzene rings is 1. The maximum Gasteiger partial charge on any atom is 0.0627 e. The molecule has 108 valence electrons. The smallest absolute Gasteiger partial charge is 0.0627 e. The molecule has 1 fully saturated rings. The molecule has 2 heteroatoms. The van der Waals surface area contributed by atoms with Crippen LogP contribution in [0.4, 0.5) is 0 Å². The molecule has 2 rings (SSSR count). The molecule has 0 saturated heterocycles. The predicted octanol–water partition coefficient (Wildman–Crippen LogP) is 4.20. The van der Waals surface area contributed by atoms with E-state index in [1.54, 1.807) is 0 Å². The number of aryl methyl sites for hydroxylation is 1. The van der Waals surface area contributed by atoms with E-state index in [9.17, 15) is 0 Å². The lowest BCUT2D eigenvalue weighted by atomic mass is 9.72. The SMILES string of the molecule is CCc1ccccc1CNC1CCC(C)(CC#N)CC1. The maximum absolute atomic E-state index is 8.89. The largest absolute Gasteiger partial charge is 0.310 e.